The topological polar surface area (TPSA) is 17.1 Å². The van der Waals surface area contributed by atoms with Crippen LogP contribution in [-0.2, 0) is 6.42 Å². The van der Waals surface area contributed by atoms with Gasteiger partial charge in [0.25, 0.3) is 0 Å². The lowest BCUT2D eigenvalue weighted by atomic mass is 10.0. The third-order valence-corrected chi connectivity index (χ3v) is 3.45. The molecule has 0 aromatic heterocycles. The van der Waals surface area contributed by atoms with E-state index in [0.717, 1.165) is 10.0 Å². The Morgan fingerprint density at radius 2 is 1.84 bits per heavy atom. The van der Waals surface area contributed by atoms with Gasteiger partial charge in [0.2, 0.25) is 0 Å². The molecule has 0 saturated heterocycles. The molecular formula is C16H14BrFO. The second-order valence-corrected chi connectivity index (χ2v) is 5.29. The van der Waals surface area contributed by atoms with Crippen molar-refractivity contribution in [3.8, 4) is 0 Å². The van der Waals surface area contributed by atoms with Crippen LogP contribution in [0.1, 0.15) is 28.8 Å². The monoisotopic (exact) mass is 320 g/mol. The lowest BCUT2D eigenvalue weighted by Crippen LogP contribution is -2.00. The van der Waals surface area contributed by atoms with Crippen LogP contribution in [-0.4, -0.2) is 5.78 Å². The molecule has 0 aliphatic carbocycles. The van der Waals surface area contributed by atoms with Crippen molar-refractivity contribution in [2.24, 2.45) is 0 Å². The highest BCUT2D eigenvalue weighted by Gasteiger charge is 2.07. The second kappa shape index (κ2) is 6.62. The van der Waals surface area contributed by atoms with E-state index in [2.05, 4.69) is 15.9 Å². The van der Waals surface area contributed by atoms with Crippen molar-refractivity contribution in [3.63, 3.8) is 0 Å². The van der Waals surface area contributed by atoms with Gasteiger partial charge in [-0.15, -0.1) is 0 Å². The van der Waals surface area contributed by atoms with Crippen LogP contribution in [0.15, 0.2) is 53.0 Å². The summed E-state index contributed by atoms with van der Waals surface area (Å²) in [6.45, 7) is 0. The number of aryl methyl sites for hydroxylation is 1. The highest BCUT2D eigenvalue weighted by atomic mass is 79.9. The first kappa shape index (κ1) is 13.9. The van der Waals surface area contributed by atoms with Gasteiger partial charge in [-0.1, -0.05) is 52.3 Å². The van der Waals surface area contributed by atoms with E-state index in [1.54, 1.807) is 6.07 Å². The van der Waals surface area contributed by atoms with Gasteiger partial charge >= 0.3 is 0 Å². The average Bonchev–Trinajstić information content (AvgIpc) is 2.42. The fourth-order valence-electron chi connectivity index (χ4n) is 1.93. The van der Waals surface area contributed by atoms with Crippen molar-refractivity contribution in [1.29, 1.82) is 0 Å². The quantitative estimate of drug-likeness (QED) is 0.723. The molecule has 0 radical (unpaired) electrons. The first-order valence-corrected chi connectivity index (χ1v) is 6.98. The molecule has 0 spiro atoms. The minimum Gasteiger partial charge on any atom is -0.294 e. The van der Waals surface area contributed by atoms with E-state index in [1.807, 2.05) is 36.4 Å². The van der Waals surface area contributed by atoms with Crippen molar-refractivity contribution in [3.05, 3.63) is 69.9 Å². The first-order valence-electron chi connectivity index (χ1n) is 6.19. The molecule has 2 aromatic rings. The fraction of sp³-hybridized carbons (Fsp3) is 0.188. The van der Waals surface area contributed by atoms with Crippen LogP contribution in [0.3, 0.4) is 0 Å². The lowest BCUT2D eigenvalue weighted by Gasteiger charge is -2.04. The predicted octanol–water partition coefficient (Wildman–Crippen LogP) is 4.79. The van der Waals surface area contributed by atoms with Gasteiger partial charge in [-0.2, -0.15) is 0 Å². The first-order chi connectivity index (χ1) is 9.16. The highest BCUT2D eigenvalue weighted by Crippen LogP contribution is 2.17. The smallest absolute Gasteiger partial charge is 0.162 e. The summed E-state index contributed by atoms with van der Waals surface area (Å²) in [5.41, 5.74) is 1.38. The summed E-state index contributed by atoms with van der Waals surface area (Å²) in [5, 5.41) is 0. The third-order valence-electron chi connectivity index (χ3n) is 2.96. The summed E-state index contributed by atoms with van der Waals surface area (Å²) in [5.74, 6) is -0.111. The van der Waals surface area contributed by atoms with E-state index >= 15 is 0 Å². The van der Waals surface area contributed by atoms with Crippen molar-refractivity contribution < 1.29 is 9.18 Å². The summed E-state index contributed by atoms with van der Waals surface area (Å²) in [6.07, 6.45) is 1.68. The van der Waals surface area contributed by atoms with Gasteiger partial charge in [0, 0.05) is 16.5 Å². The molecule has 0 saturated carbocycles. The second-order valence-electron chi connectivity index (χ2n) is 4.38. The Hall–Kier alpha value is -1.48. The van der Waals surface area contributed by atoms with Crippen molar-refractivity contribution in [2.75, 3.05) is 0 Å². The lowest BCUT2D eigenvalue weighted by molar-refractivity contribution is 0.0980. The van der Waals surface area contributed by atoms with Crippen molar-refractivity contribution >= 4 is 21.7 Å². The Morgan fingerprint density at radius 3 is 2.53 bits per heavy atom. The summed E-state index contributed by atoms with van der Waals surface area (Å²) >= 11 is 3.22. The van der Waals surface area contributed by atoms with E-state index in [-0.39, 0.29) is 11.6 Å². The average molecular weight is 321 g/mol. The van der Waals surface area contributed by atoms with E-state index in [0.29, 0.717) is 24.8 Å². The maximum absolute atomic E-state index is 13.6. The number of halogens is 2. The molecule has 0 fully saturated rings. The largest absolute Gasteiger partial charge is 0.294 e. The molecule has 0 N–H and O–H groups in total. The van der Waals surface area contributed by atoms with E-state index in [4.69, 9.17) is 0 Å². The Bertz CT molecular complexity index is 566. The van der Waals surface area contributed by atoms with E-state index in [9.17, 15) is 9.18 Å². The standard InChI is InChI=1S/C16H14BrFO/c17-14-10-9-12(15(18)11-14)7-4-8-16(19)13-5-2-1-3-6-13/h1-3,5-6,9-11H,4,7-8H2. The summed E-state index contributed by atoms with van der Waals surface area (Å²) in [6, 6.07) is 14.2. The van der Waals surface area contributed by atoms with Crippen molar-refractivity contribution in [1.82, 2.24) is 0 Å². The van der Waals surface area contributed by atoms with Crippen LogP contribution in [0.4, 0.5) is 4.39 Å². The van der Waals surface area contributed by atoms with Gasteiger partial charge in [0.1, 0.15) is 5.82 Å². The zero-order valence-electron chi connectivity index (χ0n) is 10.4. The Balaban J connectivity index is 1.88. The zero-order valence-corrected chi connectivity index (χ0v) is 12.0. The van der Waals surface area contributed by atoms with Crippen LogP contribution in [0.5, 0.6) is 0 Å². The minimum atomic E-state index is -0.221. The number of rotatable bonds is 5. The summed E-state index contributed by atoms with van der Waals surface area (Å²) in [4.78, 5) is 11.9. The number of carbonyl (C=O) groups is 1. The Morgan fingerprint density at radius 1 is 1.11 bits per heavy atom. The van der Waals surface area contributed by atoms with Gasteiger partial charge < -0.3 is 0 Å². The minimum absolute atomic E-state index is 0.109. The number of hydrogen-bond acceptors (Lipinski definition) is 1. The summed E-state index contributed by atoms with van der Waals surface area (Å²) < 4.78 is 14.3. The molecule has 0 atom stereocenters. The number of Topliss-reactive ketones (excluding diaryl/α,β-unsaturated/α-hetero) is 1. The number of hydrogen-bond donors (Lipinski definition) is 0. The molecule has 0 heterocycles. The number of ketones is 1. The SMILES string of the molecule is O=C(CCCc1ccc(Br)cc1F)c1ccccc1. The van der Waals surface area contributed by atoms with Gasteiger partial charge in [0.05, 0.1) is 0 Å². The normalized spacial score (nSPS) is 10.4. The van der Waals surface area contributed by atoms with Crippen molar-refractivity contribution in [2.45, 2.75) is 19.3 Å². The van der Waals surface area contributed by atoms with Gasteiger partial charge in [0.15, 0.2) is 5.78 Å². The van der Waals surface area contributed by atoms with E-state index < -0.39 is 0 Å². The molecule has 2 rings (SSSR count). The maximum Gasteiger partial charge on any atom is 0.162 e. The summed E-state index contributed by atoms with van der Waals surface area (Å²) in [7, 11) is 0. The predicted molar refractivity (Wildman–Crippen MR) is 77.8 cm³/mol. The van der Waals surface area contributed by atoms with Gasteiger partial charge in [-0.25, -0.2) is 4.39 Å². The Labute approximate surface area is 120 Å². The molecule has 3 heteroatoms. The third kappa shape index (κ3) is 4.00. The Kier molecular flexibility index (Phi) is 4.86. The van der Waals surface area contributed by atoms with Crippen LogP contribution in [0, 0.1) is 5.82 Å². The molecule has 0 bridgehead atoms. The molecule has 2 aromatic carbocycles. The molecule has 0 aliphatic heterocycles. The molecule has 0 amide bonds. The van der Waals surface area contributed by atoms with Crippen LogP contribution >= 0.6 is 15.9 Å². The molecular weight excluding hydrogens is 307 g/mol. The molecule has 19 heavy (non-hydrogen) atoms. The number of benzene rings is 2. The fourth-order valence-corrected chi connectivity index (χ4v) is 2.27. The van der Waals surface area contributed by atoms with Crippen LogP contribution in [0.25, 0.3) is 0 Å². The molecule has 98 valence electrons. The zero-order chi connectivity index (χ0) is 13.7. The van der Waals surface area contributed by atoms with Gasteiger partial charge in [-0.05, 0) is 30.5 Å². The molecule has 0 aliphatic rings. The van der Waals surface area contributed by atoms with Crippen LogP contribution < -0.4 is 0 Å². The number of carbonyl (C=O) groups excluding carboxylic acids is 1. The van der Waals surface area contributed by atoms with Gasteiger partial charge in [-0.3, -0.25) is 4.79 Å². The van der Waals surface area contributed by atoms with Crippen LogP contribution in [0.2, 0.25) is 0 Å². The van der Waals surface area contributed by atoms with E-state index in [1.165, 1.54) is 6.07 Å². The molecule has 0 unspecified atom stereocenters. The molecule has 1 nitrogen and oxygen atoms in total. The highest BCUT2D eigenvalue weighted by molar-refractivity contribution is 9.10. The maximum atomic E-state index is 13.6.